The molecule has 180 valence electrons. The number of halogens is 1. The van der Waals surface area contributed by atoms with Crippen LogP contribution in [-0.2, 0) is 17.8 Å². The summed E-state index contributed by atoms with van der Waals surface area (Å²) in [6, 6.07) is 10.7. The molecular weight excluding hydrogens is 445 g/mol. The van der Waals surface area contributed by atoms with Gasteiger partial charge in [-0.1, -0.05) is 0 Å². The topological polar surface area (TPSA) is 92.2 Å². The first kappa shape index (κ1) is 24.6. The van der Waals surface area contributed by atoms with Gasteiger partial charge in [-0.2, -0.15) is 0 Å². The van der Waals surface area contributed by atoms with Gasteiger partial charge < -0.3 is 28.6 Å². The number of hydrogen-bond donors (Lipinski definition) is 0. The molecule has 1 heterocycles. The van der Waals surface area contributed by atoms with Crippen LogP contribution in [0.3, 0.4) is 0 Å². The molecule has 34 heavy (non-hydrogen) atoms. The number of carbonyl (C=O) groups excluding carboxylic acids is 1. The van der Waals surface area contributed by atoms with Gasteiger partial charge in [0, 0.05) is 36.3 Å². The summed E-state index contributed by atoms with van der Waals surface area (Å²) in [4.78, 5) is 21.6. The third-order valence-electron chi connectivity index (χ3n) is 5.10. The first-order valence-electron chi connectivity index (χ1n) is 10.2. The number of anilines is 1. The standard InChI is InChI=1S/C24H26FN3O6/c1-30-17-8-6-15(20(10-17)32-3)13-28(14-16-7-9-18(31-2)11-21(16)33-4)23-19(25)12-26-22(27-23)24(29)34-5/h6-12H,13-14H2,1-5H3. The molecule has 2 aromatic carbocycles. The fraction of sp³-hybridized carbons (Fsp3) is 0.292. The fourth-order valence-corrected chi connectivity index (χ4v) is 3.35. The van der Waals surface area contributed by atoms with E-state index in [9.17, 15) is 9.18 Å². The lowest BCUT2D eigenvalue weighted by atomic mass is 10.1. The van der Waals surface area contributed by atoms with E-state index < -0.39 is 11.8 Å². The highest BCUT2D eigenvalue weighted by Crippen LogP contribution is 2.31. The fourth-order valence-electron chi connectivity index (χ4n) is 3.35. The lowest BCUT2D eigenvalue weighted by Crippen LogP contribution is -2.26. The minimum Gasteiger partial charge on any atom is -0.497 e. The van der Waals surface area contributed by atoms with Crippen molar-refractivity contribution in [2.45, 2.75) is 13.1 Å². The van der Waals surface area contributed by atoms with Gasteiger partial charge in [0.05, 0.1) is 41.7 Å². The quantitative estimate of drug-likeness (QED) is 0.411. The normalized spacial score (nSPS) is 10.4. The number of methoxy groups -OCH3 is 5. The van der Waals surface area contributed by atoms with Crippen LogP contribution >= 0.6 is 0 Å². The van der Waals surface area contributed by atoms with Gasteiger partial charge >= 0.3 is 5.97 Å². The molecule has 0 fully saturated rings. The van der Waals surface area contributed by atoms with Gasteiger partial charge in [0.2, 0.25) is 5.82 Å². The Hall–Kier alpha value is -4.08. The molecule has 0 N–H and O–H groups in total. The Balaban J connectivity index is 2.09. The average Bonchev–Trinajstić information content (AvgIpc) is 2.88. The third-order valence-corrected chi connectivity index (χ3v) is 5.10. The highest BCUT2D eigenvalue weighted by atomic mass is 19.1. The van der Waals surface area contributed by atoms with Gasteiger partial charge in [0.15, 0.2) is 11.6 Å². The van der Waals surface area contributed by atoms with Gasteiger partial charge in [0.25, 0.3) is 0 Å². The molecule has 0 saturated carbocycles. The molecule has 0 aliphatic heterocycles. The number of aromatic nitrogens is 2. The molecule has 0 unspecified atom stereocenters. The minimum atomic E-state index is -0.773. The van der Waals surface area contributed by atoms with Crippen molar-refractivity contribution in [3.8, 4) is 23.0 Å². The SMILES string of the molecule is COC(=O)c1ncc(F)c(N(Cc2ccc(OC)cc2OC)Cc2ccc(OC)cc2OC)n1. The summed E-state index contributed by atoms with van der Waals surface area (Å²) in [5.74, 6) is 0.522. The Labute approximate surface area is 197 Å². The Bertz CT molecular complexity index is 1100. The van der Waals surface area contributed by atoms with Crippen LogP contribution in [0.2, 0.25) is 0 Å². The van der Waals surface area contributed by atoms with Crippen LogP contribution in [0.5, 0.6) is 23.0 Å². The van der Waals surface area contributed by atoms with Crippen LogP contribution in [-0.4, -0.2) is 51.5 Å². The van der Waals surface area contributed by atoms with E-state index in [-0.39, 0.29) is 24.7 Å². The molecule has 0 bridgehead atoms. The van der Waals surface area contributed by atoms with Crippen molar-refractivity contribution in [2.24, 2.45) is 0 Å². The monoisotopic (exact) mass is 471 g/mol. The summed E-state index contributed by atoms with van der Waals surface area (Å²) < 4.78 is 41.2. The molecule has 0 saturated heterocycles. The molecule has 3 aromatic rings. The molecule has 0 atom stereocenters. The van der Waals surface area contributed by atoms with E-state index in [4.69, 9.17) is 23.7 Å². The van der Waals surface area contributed by atoms with Gasteiger partial charge in [0.1, 0.15) is 23.0 Å². The third kappa shape index (κ3) is 5.45. The molecule has 10 heteroatoms. The van der Waals surface area contributed by atoms with Gasteiger partial charge in [-0.25, -0.2) is 19.2 Å². The predicted molar refractivity (Wildman–Crippen MR) is 122 cm³/mol. The molecule has 0 aliphatic carbocycles. The molecule has 1 aromatic heterocycles. The number of rotatable bonds is 10. The van der Waals surface area contributed by atoms with Crippen LogP contribution in [0.15, 0.2) is 42.6 Å². The molecule has 0 amide bonds. The maximum atomic E-state index is 15.0. The lowest BCUT2D eigenvalue weighted by molar-refractivity contribution is 0.0586. The highest BCUT2D eigenvalue weighted by Gasteiger charge is 2.22. The number of benzene rings is 2. The number of nitrogens with zero attached hydrogens (tertiary/aromatic N) is 3. The summed E-state index contributed by atoms with van der Waals surface area (Å²) >= 11 is 0. The van der Waals surface area contributed by atoms with Crippen LogP contribution in [0.4, 0.5) is 10.2 Å². The molecule has 3 rings (SSSR count). The Kier molecular flexibility index (Phi) is 8.07. The van der Waals surface area contributed by atoms with E-state index in [0.29, 0.717) is 23.0 Å². The van der Waals surface area contributed by atoms with Crippen molar-refractivity contribution < 1.29 is 32.9 Å². The van der Waals surface area contributed by atoms with Crippen molar-refractivity contribution >= 4 is 11.8 Å². The van der Waals surface area contributed by atoms with Crippen molar-refractivity contribution in [1.82, 2.24) is 9.97 Å². The Morgan fingerprint density at radius 2 is 1.38 bits per heavy atom. The van der Waals surface area contributed by atoms with E-state index in [1.54, 1.807) is 43.4 Å². The Morgan fingerprint density at radius 1 is 0.853 bits per heavy atom. The number of carbonyl (C=O) groups is 1. The number of esters is 1. The molecule has 0 aliphatic rings. The maximum absolute atomic E-state index is 15.0. The minimum absolute atomic E-state index is 0.0776. The van der Waals surface area contributed by atoms with E-state index in [2.05, 4.69) is 9.97 Å². The molecule has 0 spiro atoms. The number of hydrogen-bond acceptors (Lipinski definition) is 9. The van der Waals surface area contributed by atoms with Crippen molar-refractivity contribution in [3.63, 3.8) is 0 Å². The summed E-state index contributed by atoms with van der Waals surface area (Å²) in [6.07, 6.45) is 0.943. The molecular formula is C24H26FN3O6. The van der Waals surface area contributed by atoms with Crippen LogP contribution in [0, 0.1) is 5.82 Å². The zero-order valence-electron chi connectivity index (χ0n) is 19.6. The lowest BCUT2D eigenvalue weighted by Gasteiger charge is -2.26. The summed E-state index contributed by atoms with van der Waals surface area (Å²) in [6.45, 7) is 0.383. The van der Waals surface area contributed by atoms with Crippen LogP contribution in [0.1, 0.15) is 21.7 Å². The first-order chi connectivity index (χ1) is 16.4. The van der Waals surface area contributed by atoms with Gasteiger partial charge in [-0.15, -0.1) is 0 Å². The van der Waals surface area contributed by atoms with Crippen molar-refractivity contribution in [1.29, 1.82) is 0 Å². The largest absolute Gasteiger partial charge is 0.497 e. The highest BCUT2D eigenvalue weighted by molar-refractivity contribution is 5.85. The summed E-state index contributed by atoms with van der Waals surface area (Å²) in [5, 5.41) is 0. The van der Waals surface area contributed by atoms with Crippen molar-refractivity contribution in [3.05, 3.63) is 65.4 Å². The van der Waals surface area contributed by atoms with Crippen molar-refractivity contribution in [2.75, 3.05) is 40.4 Å². The molecule has 9 nitrogen and oxygen atoms in total. The van der Waals surface area contributed by atoms with E-state index >= 15 is 0 Å². The second-order valence-corrected chi connectivity index (χ2v) is 7.07. The van der Waals surface area contributed by atoms with Gasteiger partial charge in [-0.05, 0) is 24.3 Å². The Morgan fingerprint density at radius 3 is 1.82 bits per heavy atom. The summed E-state index contributed by atoms with van der Waals surface area (Å²) in [7, 11) is 7.39. The average molecular weight is 471 g/mol. The number of ether oxygens (including phenoxy) is 5. The second-order valence-electron chi connectivity index (χ2n) is 7.07. The summed E-state index contributed by atoms with van der Waals surface area (Å²) in [5.41, 5.74) is 1.49. The zero-order valence-corrected chi connectivity index (χ0v) is 19.6. The van der Waals surface area contributed by atoms with Crippen LogP contribution < -0.4 is 23.8 Å². The van der Waals surface area contributed by atoms with E-state index in [1.165, 1.54) is 21.3 Å². The van der Waals surface area contributed by atoms with E-state index in [1.807, 2.05) is 12.1 Å². The van der Waals surface area contributed by atoms with Gasteiger partial charge in [-0.3, -0.25) is 0 Å². The smallest absolute Gasteiger partial charge is 0.376 e. The maximum Gasteiger partial charge on any atom is 0.376 e. The predicted octanol–water partition coefficient (Wildman–Crippen LogP) is 3.64. The zero-order chi connectivity index (χ0) is 24.7. The molecule has 0 radical (unpaired) electrons. The van der Waals surface area contributed by atoms with E-state index in [0.717, 1.165) is 17.3 Å². The second kappa shape index (κ2) is 11.2. The van der Waals surface area contributed by atoms with Crippen LogP contribution in [0.25, 0.3) is 0 Å². The first-order valence-corrected chi connectivity index (χ1v) is 10.2.